The minimum atomic E-state index is 0.0131. The third-order valence-electron chi connectivity index (χ3n) is 4.59. The molecule has 0 saturated heterocycles. The first-order valence-electron chi connectivity index (χ1n) is 8.63. The molecule has 1 N–H and O–H groups in total. The van der Waals surface area contributed by atoms with Gasteiger partial charge in [-0.15, -0.1) is 0 Å². The van der Waals surface area contributed by atoms with Crippen LogP contribution in [-0.4, -0.2) is 12.5 Å². The second-order valence-electron chi connectivity index (χ2n) is 6.32. The van der Waals surface area contributed by atoms with Crippen LogP contribution in [0.2, 0.25) is 0 Å². The summed E-state index contributed by atoms with van der Waals surface area (Å²) >= 11 is 0. The lowest BCUT2D eigenvalue weighted by molar-refractivity contribution is -0.121. The number of nitrogens with zero attached hydrogens (tertiary/aromatic N) is 1. The van der Waals surface area contributed by atoms with Gasteiger partial charge in [-0.3, -0.25) is 4.79 Å². The van der Waals surface area contributed by atoms with Gasteiger partial charge in [0.15, 0.2) is 6.61 Å². The summed E-state index contributed by atoms with van der Waals surface area (Å²) in [6.45, 7) is 2.24. The number of benzene rings is 1. The molecule has 1 fully saturated rings. The average molecular weight is 314 g/mol. The highest BCUT2D eigenvalue weighted by molar-refractivity contribution is 5.92. The number of ether oxygens (including phenoxy) is 1. The zero-order valence-electron chi connectivity index (χ0n) is 13.9. The molecule has 23 heavy (non-hydrogen) atoms. The Hall–Kier alpha value is -2.02. The predicted molar refractivity (Wildman–Crippen MR) is 91.2 cm³/mol. The molecular weight excluding hydrogens is 288 g/mol. The quantitative estimate of drug-likeness (QED) is 0.804. The van der Waals surface area contributed by atoms with Crippen molar-refractivity contribution >= 4 is 11.6 Å². The van der Waals surface area contributed by atoms with Crippen molar-refractivity contribution in [2.45, 2.75) is 51.9 Å². The second-order valence-corrected chi connectivity index (χ2v) is 6.32. The van der Waals surface area contributed by atoms with Gasteiger partial charge in [0.1, 0.15) is 11.8 Å². The van der Waals surface area contributed by atoms with Crippen LogP contribution in [0.3, 0.4) is 0 Å². The van der Waals surface area contributed by atoms with Gasteiger partial charge in [0.2, 0.25) is 5.91 Å². The second kappa shape index (κ2) is 9.19. The third kappa shape index (κ3) is 5.59. The van der Waals surface area contributed by atoms with Gasteiger partial charge in [-0.25, -0.2) is 0 Å². The smallest absolute Gasteiger partial charge is 0.227 e. The number of carbonyl (C=O) groups is 1. The summed E-state index contributed by atoms with van der Waals surface area (Å²) in [5.74, 6) is 1.64. The van der Waals surface area contributed by atoms with Crippen LogP contribution in [0, 0.1) is 23.2 Å². The van der Waals surface area contributed by atoms with Crippen LogP contribution in [0.1, 0.15) is 51.9 Å². The highest BCUT2D eigenvalue weighted by Crippen LogP contribution is 2.32. The van der Waals surface area contributed by atoms with E-state index < -0.39 is 0 Å². The van der Waals surface area contributed by atoms with Gasteiger partial charge in [-0.2, -0.15) is 5.26 Å². The summed E-state index contributed by atoms with van der Waals surface area (Å²) in [5.41, 5.74) is 0.735. The van der Waals surface area contributed by atoms with Crippen molar-refractivity contribution in [3.05, 3.63) is 24.3 Å². The minimum Gasteiger partial charge on any atom is -0.479 e. The molecule has 1 saturated carbocycles. The van der Waals surface area contributed by atoms with Gasteiger partial charge in [0.05, 0.1) is 0 Å². The Morgan fingerprint density at radius 3 is 2.83 bits per heavy atom. The molecule has 0 unspecified atom stereocenters. The van der Waals surface area contributed by atoms with Crippen LogP contribution in [0.4, 0.5) is 5.69 Å². The molecule has 4 heteroatoms. The Balaban J connectivity index is 1.82. The molecule has 0 radical (unpaired) electrons. The largest absolute Gasteiger partial charge is 0.479 e. The first kappa shape index (κ1) is 17.3. The van der Waals surface area contributed by atoms with Crippen molar-refractivity contribution in [2.75, 3.05) is 11.9 Å². The molecule has 0 bridgehead atoms. The fourth-order valence-corrected chi connectivity index (χ4v) is 3.23. The van der Waals surface area contributed by atoms with Crippen molar-refractivity contribution in [1.29, 1.82) is 5.26 Å². The summed E-state index contributed by atoms with van der Waals surface area (Å²) in [7, 11) is 0. The molecule has 2 rings (SSSR count). The lowest BCUT2D eigenvalue weighted by atomic mass is 9.79. The SMILES string of the molecule is CCCCC1CCC(C(=O)Nc2cccc(OCC#N)c2)CC1. The van der Waals surface area contributed by atoms with E-state index in [1.165, 1.54) is 32.1 Å². The molecule has 4 nitrogen and oxygen atoms in total. The number of carbonyl (C=O) groups excluding carboxylic acids is 1. The Bertz CT molecular complexity index is 543. The Morgan fingerprint density at radius 2 is 2.13 bits per heavy atom. The Labute approximate surface area is 138 Å². The zero-order valence-corrected chi connectivity index (χ0v) is 13.9. The normalized spacial score (nSPS) is 20.5. The standard InChI is InChI=1S/C19H26N2O2/c1-2-3-5-15-8-10-16(11-9-15)19(22)21-17-6-4-7-18(14-17)23-13-12-20/h4,6-7,14-16H,2-3,5,8-11,13H2,1H3,(H,21,22). The Morgan fingerprint density at radius 1 is 1.35 bits per heavy atom. The number of nitrogens with one attached hydrogen (secondary N) is 1. The van der Waals surface area contributed by atoms with Gasteiger partial charge < -0.3 is 10.1 Å². The molecule has 0 spiro atoms. The van der Waals surface area contributed by atoms with Crippen LogP contribution in [0.25, 0.3) is 0 Å². The molecule has 1 aliphatic carbocycles. The number of unbranched alkanes of at least 4 members (excludes halogenated alkanes) is 1. The summed E-state index contributed by atoms with van der Waals surface area (Å²) in [6, 6.07) is 9.16. The van der Waals surface area contributed by atoms with Crippen molar-refractivity contribution in [1.82, 2.24) is 0 Å². The summed E-state index contributed by atoms with van der Waals surface area (Å²) < 4.78 is 5.26. The first-order valence-corrected chi connectivity index (χ1v) is 8.63. The summed E-state index contributed by atoms with van der Waals surface area (Å²) in [4.78, 5) is 12.4. The number of anilines is 1. The topological polar surface area (TPSA) is 62.1 Å². The maximum Gasteiger partial charge on any atom is 0.227 e. The number of nitriles is 1. The van der Waals surface area contributed by atoms with E-state index >= 15 is 0 Å². The average Bonchev–Trinajstić information content (AvgIpc) is 2.59. The van der Waals surface area contributed by atoms with Gasteiger partial charge >= 0.3 is 0 Å². The number of amides is 1. The molecule has 0 aromatic heterocycles. The van der Waals surface area contributed by atoms with E-state index in [4.69, 9.17) is 10.00 Å². The Kier molecular flexibility index (Phi) is 6.93. The number of rotatable bonds is 7. The van der Waals surface area contributed by atoms with E-state index in [0.29, 0.717) is 5.75 Å². The number of hydrogen-bond donors (Lipinski definition) is 1. The molecular formula is C19H26N2O2. The van der Waals surface area contributed by atoms with Gasteiger partial charge in [-0.1, -0.05) is 32.3 Å². The summed E-state index contributed by atoms with van der Waals surface area (Å²) in [6.07, 6.45) is 8.19. The van der Waals surface area contributed by atoms with Crippen LogP contribution >= 0.6 is 0 Å². The molecule has 0 aliphatic heterocycles. The van der Waals surface area contributed by atoms with Gasteiger partial charge in [0.25, 0.3) is 0 Å². The predicted octanol–water partition coefficient (Wildman–Crippen LogP) is 4.52. The fourth-order valence-electron chi connectivity index (χ4n) is 3.23. The zero-order chi connectivity index (χ0) is 16.5. The monoisotopic (exact) mass is 314 g/mol. The third-order valence-corrected chi connectivity index (χ3v) is 4.59. The lowest BCUT2D eigenvalue weighted by Crippen LogP contribution is -2.27. The van der Waals surface area contributed by atoms with Crippen LogP contribution in [-0.2, 0) is 4.79 Å². The van der Waals surface area contributed by atoms with E-state index in [9.17, 15) is 4.79 Å². The number of hydrogen-bond acceptors (Lipinski definition) is 3. The summed E-state index contributed by atoms with van der Waals surface area (Å²) in [5, 5.41) is 11.5. The molecule has 1 amide bonds. The van der Waals surface area contributed by atoms with Crippen molar-refractivity contribution in [3.8, 4) is 11.8 Å². The van der Waals surface area contributed by atoms with E-state index in [0.717, 1.165) is 24.4 Å². The van der Waals surface area contributed by atoms with E-state index in [1.807, 2.05) is 18.2 Å². The maximum absolute atomic E-state index is 12.4. The van der Waals surface area contributed by atoms with Crippen LogP contribution in [0.5, 0.6) is 5.75 Å². The molecule has 1 aromatic rings. The fraction of sp³-hybridized carbons (Fsp3) is 0.579. The maximum atomic E-state index is 12.4. The minimum absolute atomic E-state index is 0.0131. The van der Waals surface area contributed by atoms with Crippen LogP contribution < -0.4 is 10.1 Å². The first-order chi connectivity index (χ1) is 11.2. The van der Waals surface area contributed by atoms with E-state index in [1.54, 1.807) is 12.1 Å². The molecule has 0 heterocycles. The van der Waals surface area contributed by atoms with E-state index in [2.05, 4.69) is 12.2 Å². The van der Waals surface area contributed by atoms with Crippen molar-refractivity contribution in [2.24, 2.45) is 11.8 Å². The highest BCUT2D eigenvalue weighted by atomic mass is 16.5. The molecule has 0 atom stereocenters. The van der Waals surface area contributed by atoms with E-state index in [-0.39, 0.29) is 18.4 Å². The van der Waals surface area contributed by atoms with Crippen molar-refractivity contribution in [3.63, 3.8) is 0 Å². The molecule has 124 valence electrons. The molecule has 1 aromatic carbocycles. The van der Waals surface area contributed by atoms with Crippen LogP contribution in [0.15, 0.2) is 24.3 Å². The molecule has 1 aliphatic rings. The lowest BCUT2D eigenvalue weighted by Gasteiger charge is -2.27. The van der Waals surface area contributed by atoms with Gasteiger partial charge in [0, 0.05) is 17.7 Å². The van der Waals surface area contributed by atoms with Crippen molar-refractivity contribution < 1.29 is 9.53 Å². The van der Waals surface area contributed by atoms with Gasteiger partial charge in [-0.05, 0) is 43.7 Å². The highest BCUT2D eigenvalue weighted by Gasteiger charge is 2.26.